The van der Waals surface area contributed by atoms with Gasteiger partial charge in [-0.25, -0.2) is 4.39 Å². The van der Waals surface area contributed by atoms with E-state index in [1.165, 1.54) is 38.2 Å². The molecule has 4 heteroatoms. The summed E-state index contributed by atoms with van der Waals surface area (Å²) in [5.74, 6) is 0.434. The van der Waals surface area contributed by atoms with Gasteiger partial charge in [-0.3, -0.25) is 4.90 Å². The lowest BCUT2D eigenvalue weighted by atomic mass is 9.80. The molecule has 0 bridgehead atoms. The van der Waals surface area contributed by atoms with Gasteiger partial charge >= 0.3 is 0 Å². The molecule has 3 rings (SSSR count). The number of hydrogen-bond donors (Lipinski definition) is 1. The fourth-order valence-electron chi connectivity index (χ4n) is 3.90. The van der Waals surface area contributed by atoms with Crippen molar-refractivity contribution in [2.75, 3.05) is 26.2 Å². The highest BCUT2D eigenvalue weighted by atomic mass is 35.5. The molecule has 1 aliphatic carbocycles. The smallest absolute Gasteiger partial charge is 0.129 e. The molecule has 0 amide bonds. The molecule has 2 nitrogen and oxygen atoms in total. The van der Waals surface area contributed by atoms with Gasteiger partial charge in [0.2, 0.25) is 0 Å². The van der Waals surface area contributed by atoms with Crippen molar-refractivity contribution in [1.82, 2.24) is 10.2 Å². The Hall–Kier alpha value is -0.640. The average Bonchev–Trinajstić information content (AvgIpc) is 2.52. The first-order valence-corrected chi connectivity index (χ1v) is 8.53. The number of nitrogens with one attached hydrogen (secondary N) is 1. The molecule has 116 valence electrons. The van der Waals surface area contributed by atoms with E-state index in [-0.39, 0.29) is 11.9 Å². The van der Waals surface area contributed by atoms with Crippen LogP contribution in [-0.2, 0) is 0 Å². The second-order valence-electron chi connectivity index (χ2n) is 6.29. The summed E-state index contributed by atoms with van der Waals surface area (Å²) < 4.78 is 14.5. The number of benzene rings is 1. The molecule has 1 saturated carbocycles. The highest BCUT2D eigenvalue weighted by Gasteiger charge is 2.32. The number of rotatable bonds is 3. The molecule has 0 unspecified atom stereocenters. The van der Waals surface area contributed by atoms with Crippen molar-refractivity contribution in [2.24, 2.45) is 5.92 Å². The van der Waals surface area contributed by atoms with Gasteiger partial charge in [-0.1, -0.05) is 36.9 Å². The fourth-order valence-corrected chi connectivity index (χ4v) is 4.06. The molecule has 1 heterocycles. The molecule has 21 heavy (non-hydrogen) atoms. The topological polar surface area (TPSA) is 15.3 Å². The molecule has 0 radical (unpaired) electrons. The Morgan fingerprint density at radius 1 is 1.14 bits per heavy atom. The van der Waals surface area contributed by atoms with E-state index >= 15 is 0 Å². The lowest BCUT2D eigenvalue weighted by Crippen LogP contribution is -2.47. The summed E-state index contributed by atoms with van der Waals surface area (Å²) in [6.07, 6.45) is 6.33. The third kappa shape index (κ3) is 3.58. The Labute approximate surface area is 131 Å². The second-order valence-corrected chi connectivity index (χ2v) is 6.73. The zero-order valence-electron chi connectivity index (χ0n) is 12.5. The highest BCUT2D eigenvalue weighted by Crippen LogP contribution is 2.39. The molecule has 2 fully saturated rings. The van der Waals surface area contributed by atoms with Gasteiger partial charge in [-0.2, -0.15) is 0 Å². The lowest BCUT2D eigenvalue weighted by molar-refractivity contribution is 0.101. The van der Waals surface area contributed by atoms with E-state index in [1.54, 1.807) is 0 Å². The predicted octanol–water partition coefficient (Wildman–Crippen LogP) is 4.01. The van der Waals surface area contributed by atoms with Crippen LogP contribution in [0.2, 0.25) is 5.02 Å². The van der Waals surface area contributed by atoms with Crippen LogP contribution >= 0.6 is 11.6 Å². The van der Waals surface area contributed by atoms with Crippen molar-refractivity contribution in [2.45, 2.75) is 38.1 Å². The largest absolute Gasteiger partial charge is 0.314 e. The van der Waals surface area contributed by atoms with E-state index in [0.29, 0.717) is 10.9 Å². The lowest BCUT2D eigenvalue weighted by Gasteiger charge is -2.41. The van der Waals surface area contributed by atoms with Crippen molar-refractivity contribution in [1.29, 1.82) is 0 Å². The second kappa shape index (κ2) is 7.08. The summed E-state index contributed by atoms with van der Waals surface area (Å²) in [7, 11) is 0. The summed E-state index contributed by atoms with van der Waals surface area (Å²) in [6.45, 7) is 4.00. The van der Waals surface area contributed by atoms with Gasteiger partial charge in [-0.15, -0.1) is 0 Å². The Balaban J connectivity index is 1.89. The quantitative estimate of drug-likeness (QED) is 0.907. The minimum Gasteiger partial charge on any atom is -0.314 e. The standard InChI is InChI=1S/C17H24ClFN2/c18-14-6-7-15(16(19)12-14)17(13-4-2-1-3-5-13)21-10-8-20-9-11-21/h6-7,12-13,17,20H,1-5,8-11H2/t17-/m1/s1. The predicted molar refractivity (Wildman–Crippen MR) is 85.2 cm³/mol. The van der Waals surface area contributed by atoms with Crippen LogP contribution in [0.4, 0.5) is 4.39 Å². The summed E-state index contributed by atoms with van der Waals surface area (Å²) in [5.41, 5.74) is 0.841. The minimum atomic E-state index is -0.142. The first-order valence-electron chi connectivity index (χ1n) is 8.15. The van der Waals surface area contributed by atoms with Gasteiger partial charge in [0.05, 0.1) is 0 Å². The summed E-state index contributed by atoms with van der Waals surface area (Å²) in [6, 6.07) is 5.41. The first-order chi connectivity index (χ1) is 10.3. The van der Waals surface area contributed by atoms with Crippen molar-refractivity contribution >= 4 is 11.6 Å². The van der Waals surface area contributed by atoms with E-state index in [2.05, 4.69) is 10.2 Å². The van der Waals surface area contributed by atoms with Gasteiger partial charge in [0, 0.05) is 42.8 Å². The van der Waals surface area contributed by atoms with Crippen molar-refractivity contribution in [3.8, 4) is 0 Å². The van der Waals surface area contributed by atoms with E-state index in [1.807, 2.05) is 12.1 Å². The molecule has 1 atom stereocenters. The van der Waals surface area contributed by atoms with Gasteiger partial charge in [0.1, 0.15) is 5.82 Å². The maximum Gasteiger partial charge on any atom is 0.129 e. The Morgan fingerprint density at radius 2 is 1.86 bits per heavy atom. The van der Waals surface area contributed by atoms with Crippen molar-refractivity contribution in [3.05, 3.63) is 34.6 Å². The van der Waals surface area contributed by atoms with E-state index < -0.39 is 0 Å². The van der Waals surface area contributed by atoms with Crippen LogP contribution in [0.5, 0.6) is 0 Å². The van der Waals surface area contributed by atoms with Gasteiger partial charge in [0.25, 0.3) is 0 Å². The van der Waals surface area contributed by atoms with E-state index in [9.17, 15) is 4.39 Å². The Kier molecular flexibility index (Phi) is 5.15. The van der Waals surface area contributed by atoms with Crippen LogP contribution in [0.3, 0.4) is 0 Å². The van der Waals surface area contributed by atoms with Crippen LogP contribution in [0.25, 0.3) is 0 Å². The molecule has 2 aliphatic rings. The van der Waals surface area contributed by atoms with Crippen molar-refractivity contribution < 1.29 is 4.39 Å². The van der Waals surface area contributed by atoms with Crippen LogP contribution < -0.4 is 5.32 Å². The zero-order chi connectivity index (χ0) is 14.7. The van der Waals surface area contributed by atoms with Crippen molar-refractivity contribution in [3.63, 3.8) is 0 Å². The third-order valence-corrected chi connectivity index (χ3v) is 5.16. The molecule has 1 aliphatic heterocycles. The van der Waals surface area contributed by atoms with Crippen LogP contribution in [0, 0.1) is 11.7 Å². The van der Waals surface area contributed by atoms with E-state index in [4.69, 9.17) is 11.6 Å². The molecule has 1 aromatic carbocycles. The molecule has 1 aromatic rings. The van der Waals surface area contributed by atoms with Crippen LogP contribution in [0.15, 0.2) is 18.2 Å². The first kappa shape index (κ1) is 15.3. The average molecular weight is 311 g/mol. The summed E-state index contributed by atoms with van der Waals surface area (Å²) in [5, 5.41) is 3.88. The van der Waals surface area contributed by atoms with Crippen LogP contribution in [0.1, 0.15) is 43.7 Å². The normalized spacial score (nSPS) is 23.1. The Morgan fingerprint density at radius 3 is 2.52 bits per heavy atom. The number of halogens is 2. The maximum absolute atomic E-state index is 14.5. The third-order valence-electron chi connectivity index (χ3n) is 4.92. The molecule has 0 spiro atoms. The molecule has 1 N–H and O–H groups in total. The molecule has 1 saturated heterocycles. The Bertz CT molecular complexity index is 450. The van der Waals surface area contributed by atoms with Gasteiger partial charge in [0.15, 0.2) is 0 Å². The molecular weight excluding hydrogens is 287 g/mol. The minimum absolute atomic E-state index is 0.142. The molecular formula is C17H24ClFN2. The van der Waals surface area contributed by atoms with Gasteiger partial charge < -0.3 is 5.32 Å². The maximum atomic E-state index is 14.5. The molecule has 0 aromatic heterocycles. The summed E-state index contributed by atoms with van der Waals surface area (Å²) in [4.78, 5) is 2.47. The number of piperazine rings is 1. The van der Waals surface area contributed by atoms with Gasteiger partial charge in [-0.05, 0) is 30.9 Å². The van der Waals surface area contributed by atoms with E-state index in [0.717, 1.165) is 31.7 Å². The zero-order valence-corrected chi connectivity index (χ0v) is 13.2. The monoisotopic (exact) mass is 310 g/mol. The van der Waals surface area contributed by atoms with Crippen LogP contribution in [-0.4, -0.2) is 31.1 Å². The highest BCUT2D eigenvalue weighted by molar-refractivity contribution is 6.30. The SMILES string of the molecule is Fc1cc(Cl)ccc1[C@@H](C1CCCCC1)N1CCNCC1. The summed E-state index contributed by atoms with van der Waals surface area (Å²) >= 11 is 5.93. The fraction of sp³-hybridized carbons (Fsp3) is 0.647. The number of hydrogen-bond acceptors (Lipinski definition) is 2. The number of nitrogens with zero attached hydrogens (tertiary/aromatic N) is 1.